The van der Waals surface area contributed by atoms with Crippen LogP contribution in [0, 0.1) is 0 Å². The Morgan fingerprint density at radius 3 is 2.68 bits per heavy atom. The molecule has 19 heavy (non-hydrogen) atoms. The molecule has 7 heteroatoms. The Bertz CT molecular complexity index is 618. The molecule has 0 saturated carbocycles. The minimum Gasteiger partial charge on any atom is -0.382 e. The van der Waals surface area contributed by atoms with Crippen molar-refractivity contribution in [3.63, 3.8) is 0 Å². The van der Waals surface area contributed by atoms with Gasteiger partial charge in [-0.05, 0) is 18.6 Å². The van der Waals surface area contributed by atoms with Crippen molar-refractivity contribution in [3.8, 4) is 0 Å². The van der Waals surface area contributed by atoms with Gasteiger partial charge >= 0.3 is 0 Å². The van der Waals surface area contributed by atoms with E-state index >= 15 is 0 Å². The number of benzene rings is 1. The molecule has 1 aromatic rings. The van der Waals surface area contributed by atoms with Gasteiger partial charge in [-0.25, -0.2) is 8.42 Å². The number of sulfone groups is 1. The maximum atomic E-state index is 11.6. The van der Waals surface area contributed by atoms with Crippen LogP contribution in [0.25, 0.3) is 0 Å². The molecule has 0 radical (unpaired) electrons. The second-order valence-corrected chi connectivity index (χ2v) is 8.00. The van der Waals surface area contributed by atoms with E-state index in [-0.39, 0.29) is 17.5 Å². The molecule has 0 bridgehead atoms. The largest absolute Gasteiger partial charge is 0.382 e. The fraction of sp³-hybridized carbons (Fsp3) is 0.500. The summed E-state index contributed by atoms with van der Waals surface area (Å²) in [7, 11) is -2.89. The SMILES string of the molecule is O=S1(=O)CCC(N2CCNc3cc(Cl)c(Cl)cc32)C1. The van der Waals surface area contributed by atoms with Gasteiger partial charge in [-0.2, -0.15) is 0 Å². The summed E-state index contributed by atoms with van der Waals surface area (Å²) in [6.45, 7) is 1.56. The van der Waals surface area contributed by atoms with Gasteiger partial charge in [0.1, 0.15) is 0 Å². The van der Waals surface area contributed by atoms with Gasteiger partial charge in [-0.15, -0.1) is 0 Å². The molecule has 2 aliphatic heterocycles. The number of nitrogens with zero attached hydrogens (tertiary/aromatic N) is 1. The van der Waals surface area contributed by atoms with E-state index in [9.17, 15) is 8.42 Å². The van der Waals surface area contributed by atoms with Crippen molar-refractivity contribution in [3.05, 3.63) is 22.2 Å². The zero-order valence-electron chi connectivity index (χ0n) is 10.2. The first kappa shape index (κ1) is 13.3. The highest BCUT2D eigenvalue weighted by Crippen LogP contribution is 2.38. The standard InChI is InChI=1S/C12H14Cl2N2O2S/c13-9-5-11-12(6-10(9)14)16(3-2-15-11)8-1-4-19(17,18)7-8/h5-6,8,15H,1-4,7H2. The van der Waals surface area contributed by atoms with Crippen molar-refractivity contribution in [1.29, 1.82) is 0 Å². The molecule has 1 saturated heterocycles. The topological polar surface area (TPSA) is 49.4 Å². The minimum absolute atomic E-state index is 0.0445. The Morgan fingerprint density at radius 2 is 2.00 bits per heavy atom. The summed E-state index contributed by atoms with van der Waals surface area (Å²) in [6, 6.07) is 3.66. The third-order valence-electron chi connectivity index (χ3n) is 3.67. The number of fused-ring (bicyclic) bond motifs is 1. The first-order valence-electron chi connectivity index (χ1n) is 6.16. The zero-order chi connectivity index (χ0) is 13.6. The van der Waals surface area contributed by atoms with E-state index in [4.69, 9.17) is 23.2 Å². The summed E-state index contributed by atoms with van der Waals surface area (Å²) in [5.41, 5.74) is 1.87. The van der Waals surface area contributed by atoms with Crippen molar-refractivity contribution in [1.82, 2.24) is 0 Å². The van der Waals surface area contributed by atoms with Crippen LogP contribution < -0.4 is 10.2 Å². The lowest BCUT2D eigenvalue weighted by Gasteiger charge is -2.36. The molecule has 1 atom stereocenters. The molecule has 0 aromatic heterocycles. The third kappa shape index (κ3) is 2.51. The second-order valence-electron chi connectivity index (χ2n) is 4.96. The van der Waals surface area contributed by atoms with Crippen molar-refractivity contribution >= 4 is 44.4 Å². The zero-order valence-corrected chi connectivity index (χ0v) is 12.5. The highest BCUT2D eigenvalue weighted by atomic mass is 35.5. The van der Waals surface area contributed by atoms with E-state index in [1.54, 1.807) is 6.07 Å². The fourth-order valence-corrected chi connectivity index (χ4v) is 4.80. The lowest BCUT2D eigenvalue weighted by Crippen LogP contribution is -2.42. The maximum Gasteiger partial charge on any atom is 0.152 e. The monoisotopic (exact) mass is 320 g/mol. The number of halogens is 2. The van der Waals surface area contributed by atoms with Crippen molar-refractivity contribution in [2.45, 2.75) is 12.5 Å². The van der Waals surface area contributed by atoms with Crippen LogP contribution in [-0.2, 0) is 9.84 Å². The molecule has 0 amide bonds. The van der Waals surface area contributed by atoms with Crippen molar-refractivity contribution < 1.29 is 8.42 Å². The number of hydrogen-bond acceptors (Lipinski definition) is 4. The molecular weight excluding hydrogens is 307 g/mol. The van der Waals surface area contributed by atoms with Crippen LogP contribution in [0.4, 0.5) is 11.4 Å². The summed E-state index contributed by atoms with van der Waals surface area (Å²) < 4.78 is 23.3. The predicted octanol–water partition coefficient (Wildman–Crippen LogP) is 2.41. The van der Waals surface area contributed by atoms with Gasteiger partial charge in [0, 0.05) is 19.1 Å². The lowest BCUT2D eigenvalue weighted by atomic mass is 10.1. The molecule has 3 rings (SSSR count). The molecule has 1 fully saturated rings. The molecule has 0 aliphatic carbocycles. The van der Waals surface area contributed by atoms with Gasteiger partial charge in [0.2, 0.25) is 0 Å². The first-order chi connectivity index (χ1) is 8.96. The summed E-state index contributed by atoms with van der Waals surface area (Å²) >= 11 is 12.1. The highest BCUT2D eigenvalue weighted by molar-refractivity contribution is 7.91. The van der Waals surface area contributed by atoms with Gasteiger partial charge in [-0.3, -0.25) is 0 Å². The van der Waals surface area contributed by atoms with Crippen LogP contribution in [0.5, 0.6) is 0 Å². The van der Waals surface area contributed by atoms with Crippen molar-refractivity contribution in [2.24, 2.45) is 0 Å². The summed E-state index contributed by atoms with van der Waals surface area (Å²) in [6.07, 6.45) is 0.683. The van der Waals surface area contributed by atoms with Gasteiger partial charge < -0.3 is 10.2 Å². The normalized spacial score (nSPS) is 24.9. The van der Waals surface area contributed by atoms with Crippen LogP contribution in [0.3, 0.4) is 0 Å². The Labute approximate surface area is 122 Å². The number of rotatable bonds is 1. The van der Waals surface area contributed by atoms with E-state index in [0.29, 0.717) is 16.5 Å². The van der Waals surface area contributed by atoms with Gasteiger partial charge in [0.25, 0.3) is 0 Å². The third-order valence-corrected chi connectivity index (χ3v) is 6.14. The van der Waals surface area contributed by atoms with E-state index in [0.717, 1.165) is 24.5 Å². The lowest BCUT2D eigenvalue weighted by molar-refractivity contribution is 0.599. The summed E-state index contributed by atoms with van der Waals surface area (Å²) in [4.78, 5) is 2.14. The second kappa shape index (κ2) is 4.72. The number of hydrogen-bond donors (Lipinski definition) is 1. The van der Waals surface area contributed by atoms with Crippen LogP contribution in [0.15, 0.2) is 12.1 Å². The molecule has 1 N–H and O–H groups in total. The fourth-order valence-electron chi connectivity index (χ4n) is 2.75. The molecule has 1 unspecified atom stereocenters. The Balaban J connectivity index is 1.97. The molecule has 1 aromatic carbocycles. The van der Waals surface area contributed by atoms with E-state index in [2.05, 4.69) is 10.2 Å². The molecule has 0 spiro atoms. The van der Waals surface area contributed by atoms with Crippen LogP contribution >= 0.6 is 23.2 Å². The first-order valence-corrected chi connectivity index (χ1v) is 8.74. The Hall–Kier alpha value is -0.650. The maximum absolute atomic E-state index is 11.6. The molecule has 2 aliphatic rings. The van der Waals surface area contributed by atoms with Crippen LogP contribution in [-0.4, -0.2) is 39.1 Å². The predicted molar refractivity (Wildman–Crippen MR) is 79.4 cm³/mol. The Morgan fingerprint density at radius 1 is 1.26 bits per heavy atom. The average molecular weight is 321 g/mol. The van der Waals surface area contributed by atoms with Crippen LogP contribution in [0.1, 0.15) is 6.42 Å². The smallest absolute Gasteiger partial charge is 0.152 e. The van der Waals surface area contributed by atoms with Gasteiger partial charge in [0.15, 0.2) is 9.84 Å². The van der Waals surface area contributed by atoms with Crippen LogP contribution in [0.2, 0.25) is 10.0 Å². The van der Waals surface area contributed by atoms with E-state index in [1.165, 1.54) is 0 Å². The van der Waals surface area contributed by atoms with E-state index < -0.39 is 9.84 Å². The molecular formula is C12H14Cl2N2O2S. The van der Waals surface area contributed by atoms with E-state index in [1.807, 2.05) is 6.07 Å². The highest BCUT2D eigenvalue weighted by Gasteiger charge is 2.34. The molecule has 4 nitrogen and oxygen atoms in total. The number of anilines is 2. The summed E-state index contributed by atoms with van der Waals surface area (Å²) in [5, 5.41) is 4.27. The van der Waals surface area contributed by atoms with Crippen molar-refractivity contribution in [2.75, 3.05) is 34.8 Å². The summed E-state index contributed by atoms with van der Waals surface area (Å²) in [5.74, 6) is 0.505. The van der Waals surface area contributed by atoms with Gasteiger partial charge in [0.05, 0.1) is 32.9 Å². The average Bonchev–Trinajstić information content (AvgIpc) is 2.70. The molecule has 104 valence electrons. The quantitative estimate of drug-likeness (QED) is 0.863. The van der Waals surface area contributed by atoms with Gasteiger partial charge in [-0.1, -0.05) is 23.2 Å². The Kier molecular flexibility index (Phi) is 3.31. The molecule has 2 heterocycles. The number of nitrogens with one attached hydrogen (secondary N) is 1. The minimum atomic E-state index is -2.89.